The molecule has 10 nitrogen and oxygen atoms in total. The number of esters is 1. The van der Waals surface area contributed by atoms with Gasteiger partial charge in [0.1, 0.15) is 29.8 Å². The maximum absolute atomic E-state index is 14.6. The van der Waals surface area contributed by atoms with Crippen LogP contribution >= 0.6 is 27.5 Å². The van der Waals surface area contributed by atoms with Crippen LogP contribution in [-0.2, 0) is 28.7 Å². The Morgan fingerprint density at radius 2 is 1.95 bits per heavy atom. The van der Waals surface area contributed by atoms with Crippen LogP contribution in [0.15, 0.2) is 47.0 Å². The first-order chi connectivity index (χ1) is 19.2. The summed E-state index contributed by atoms with van der Waals surface area (Å²) in [5.41, 5.74) is -0.977. The largest absolute Gasteiger partial charge is 0.460 e. The zero-order valence-electron chi connectivity index (χ0n) is 21.9. The van der Waals surface area contributed by atoms with Gasteiger partial charge in [0.05, 0.1) is 23.2 Å². The van der Waals surface area contributed by atoms with E-state index in [4.69, 9.17) is 21.1 Å². The molecule has 5 rings (SSSR count). The van der Waals surface area contributed by atoms with Crippen LogP contribution in [0.5, 0.6) is 0 Å². The third-order valence-electron chi connectivity index (χ3n) is 7.80. The van der Waals surface area contributed by atoms with E-state index in [2.05, 4.69) is 21.2 Å². The van der Waals surface area contributed by atoms with Crippen molar-refractivity contribution < 1.29 is 33.8 Å². The summed E-state index contributed by atoms with van der Waals surface area (Å²) < 4.78 is 12.7. The van der Waals surface area contributed by atoms with Gasteiger partial charge in [-0.15, -0.1) is 0 Å². The van der Waals surface area contributed by atoms with Gasteiger partial charge in [0, 0.05) is 30.6 Å². The number of rotatable bonds is 4. The molecule has 3 amide bonds. The quantitative estimate of drug-likeness (QED) is 0.384. The second-order valence-corrected chi connectivity index (χ2v) is 11.7. The summed E-state index contributed by atoms with van der Waals surface area (Å²) in [5, 5.41) is 12.7. The fourth-order valence-corrected chi connectivity index (χ4v) is 7.02. The van der Waals surface area contributed by atoms with Gasteiger partial charge >= 0.3 is 5.97 Å². The summed E-state index contributed by atoms with van der Waals surface area (Å²) >= 11 is 10.0. The van der Waals surface area contributed by atoms with Gasteiger partial charge in [0.15, 0.2) is 0 Å². The summed E-state index contributed by atoms with van der Waals surface area (Å²) in [6.45, 7) is 1.83. The summed E-state index contributed by atoms with van der Waals surface area (Å²) in [6.07, 6.45) is 4.78. The molecule has 2 saturated heterocycles. The minimum Gasteiger partial charge on any atom is -0.460 e. The van der Waals surface area contributed by atoms with Gasteiger partial charge in [0.2, 0.25) is 11.8 Å². The van der Waals surface area contributed by atoms with Crippen molar-refractivity contribution in [2.24, 2.45) is 11.8 Å². The minimum atomic E-state index is -1.43. The van der Waals surface area contributed by atoms with Crippen molar-refractivity contribution in [2.45, 2.75) is 50.0 Å². The highest BCUT2D eigenvalue weighted by Crippen LogP contribution is 2.59. The Labute approximate surface area is 245 Å². The number of carbonyl (C=O) groups excluding carboxylic acids is 4. The molecule has 0 aromatic heterocycles. The third-order valence-corrected chi connectivity index (χ3v) is 8.79. The van der Waals surface area contributed by atoms with Crippen molar-refractivity contribution in [1.82, 2.24) is 10.2 Å². The molecule has 0 unspecified atom stereocenters. The average molecular weight is 637 g/mol. The molecule has 12 heteroatoms. The number of amides is 3. The topological polar surface area (TPSA) is 125 Å². The number of aliphatic hydroxyl groups excluding tert-OH is 1. The Morgan fingerprint density at radius 3 is 2.70 bits per heavy atom. The number of nitrogens with zero attached hydrogens (tertiary/aromatic N) is 2. The molecule has 0 radical (unpaired) electrons. The Morgan fingerprint density at radius 1 is 1.18 bits per heavy atom. The molecule has 1 spiro atoms. The summed E-state index contributed by atoms with van der Waals surface area (Å²) in [6, 6.07) is 5.79. The number of aliphatic hydroxyl groups is 1. The highest BCUT2D eigenvalue weighted by atomic mass is 79.9. The predicted molar refractivity (Wildman–Crippen MR) is 150 cm³/mol. The number of cyclic esters (lactones) is 1. The number of para-hydroxylation sites is 1. The number of anilines is 1. The molecule has 4 aliphatic rings. The third kappa shape index (κ3) is 4.97. The summed E-state index contributed by atoms with van der Waals surface area (Å²) in [5.74, 6) is -3.68. The van der Waals surface area contributed by atoms with E-state index in [1.165, 1.54) is 9.80 Å². The van der Waals surface area contributed by atoms with E-state index in [-0.39, 0.29) is 45.0 Å². The summed E-state index contributed by atoms with van der Waals surface area (Å²) in [7, 11) is 0. The van der Waals surface area contributed by atoms with Gasteiger partial charge < -0.3 is 29.7 Å². The van der Waals surface area contributed by atoms with E-state index >= 15 is 0 Å². The lowest BCUT2D eigenvalue weighted by Gasteiger charge is -2.36. The van der Waals surface area contributed by atoms with Crippen LogP contribution in [-0.4, -0.2) is 83.8 Å². The standard InChI is InChI=1S/C28H31BrClN3O7/c1-16-15-31-20(35)10-3-2-6-11-32(19-9-5-4-8-18(19)30)26(37)24-28-14-17(29)23(40-28)21(27(38)39-16)22(28)25(36)33(24)12-7-13-34/h2,4-6,8-9,14,16,21-24,34H,3,7,10-13,15H2,1H3,(H,31,35)/b6-2-/t16-,21+,22-,23+,24+,28-/m1/s1. The van der Waals surface area contributed by atoms with E-state index in [9.17, 15) is 24.3 Å². The molecule has 4 heterocycles. The van der Waals surface area contributed by atoms with Crippen LogP contribution in [0.2, 0.25) is 5.02 Å². The molecule has 6 atom stereocenters. The number of halogens is 2. The maximum Gasteiger partial charge on any atom is 0.313 e. The van der Waals surface area contributed by atoms with E-state index in [1.54, 1.807) is 43.3 Å². The number of likely N-dealkylation sites (tertiary alicyclic amines) is 1. The first-order valence-corrected chi connectivity index (χ1v) is 14.5. The van der Waals surface area contributed by atoms with E-state index in [1.807, 2.05) is 6.08 Å². The smallest absolute Gasteiger partial charge is 0.313 e. The number of hydrogen-bond acceptors (Lipinski definition) is 7. The normalized spacial score (nSPS) is 33.5. The van der Waals surface area contributed by atoms with E-state index < -0.39 is 53.5 Å². The van der Waals surface area contributed by atoms with Crippen LogP contribution in [0.4, 0.5) is 5.69 Å². The number of hydrogen-bond donors (Lipinski definition) is 2. The number of ether oxygens (including phenoxy) is 2. The second kappa shape index (κ2) is 11.6. The van der Waals surface area contributed by atoms with Crippen LogP contribution < -0.4 is 10.2 Å². The Hall–Kier alpha value is -2.73. The van der Waals surface area contributed by atoms with E-state index in [0.717, 1.165) is 0 Å². The van der Waals surface area contributed by atoms with Crippen molar-refractivity contribution >= 4 is 56.9 Å². The molecule has 0 aliphatic carbocycles. The van der Waals surface area contributed by atoms with Crippen molar-refractivity contribution in [2.75, 3.05) is 31.1 Å². The molecule has 2 N–H and O–H groups in total. The molecule has 214 valence electrons. The van der Waals surface area contributed by atoms with Gasteiger partial charge in [-0.2, -0.15) is 0 Å². The molecule has 4 aliphatic heterocycles. The SMILES string of the molecule is C[C@@H]1CNC(=O)CC/C=C\CN(c2ccccc2Cl)C(=O)[C@@H]2N(CCCO)C(=O)[C@H]3[C@H](C(=O)O1)[C@H]1O[C@@]23C=C1Br. The fraction of sp³-hybridized carbons (Fsp3) is 0.500. The van der Waals surface area contributed by atoms with Crippen LogP contribution in [0, 0.1) is 11.8 Å². The van der Waals surface area contributed by atoms with Gasteiger partial charge in [-0.25, -0.2) is 0 Å². The lowest BCUT2D eigenvalue weighted by Crippen LogP contribution is -2.56. The van der Waals surface area contributed by atoms with Crippen LogP contribution in [0.25, 0.3) is 0 Å². The van der Waals surface area contributed by atoms with Crippen molar-refractivity contribution in [3.8, 4) is 0 Å². The molecule has 1 aromatic rings. The number of allylic oxidation sites excluding steroid dienone is 1. The Bertz CT molecular complexity index is 1270. The maximum atomic E-state index is 14.6. The highest BCUT2D eigenvalue weighted by Gasteiger charge is 2.74. The summed E-state index contributed by atoms with van der Waals surface area (Å²) in [4.78, 5) is 57.3. The van der Waals surface area contributed by atoms with Crippen molar-refractivity contribution in [3.63, 3.8) is 0 Å². The van der Waals surface area contributed by atoms with Gasteiger partial charge in [-0.05, 0) is 38.0 Å². The molecule has 5 bridgehead atoms. The van der Waals surface area contributed by atoms with Gasteiger partial charge in [-0.1, -0.05) is 51.8 Å². The van der Waals surface area contributed by atoms with E-state index in [0.29, 0.717) is 21.6 Å². The molecule has 40 heavy (non-hydrogen) atoms. The molecular weight excluding hydrogens is 606 g/mol. The number of fused-ring (bicyclic) bond motifs is 2. The minimum absolute atomic E-state index is 0.0971. The molecule has 2 fully saturated rings. The number of carbonyl (C=O) groups is 4. The number of benzene rings is 1. The fourth-order valence-electron chi connectivity index (χ4n) is 6.05. The van der Waals surface area contributed by atoms with Crippen molar-refractivity contribution in [1.29, 1.82) is 0 Å². The lowest BCUT2D eigenvalue weighted by atomic mass is 9.74. The molecular formula is C28H31BrClN3O7. The zero-order chi connectivity index (χ0) is 28.6. The van der Waals surface area contributed by atoms with Crippen molar-refractivity contribution in [3.05, 3.63) is 52.0 Å². The van der Waals surface area contributed by atoms with Crippen LogP contribution in [0.1, 0.15) is 26.2 Å². The van der Waals surface area contributed by atoms with Gasteiger partial charge in [0.25, 0.3) is 5.91 Å². The number of nitrogens with one attached hydrogen (secondary N) is 1. The lowest BCUT2D eigenvalue weighted by molar-refractivity contribution is -0.158. The highest BCUT2D eigenvalue weighted by molar-refractivity contribution is 9.11. The second-order valence-electron chi connectivity index (χ2n) is 10.4. The molecule has 1 aromatic carbocycles. The Kier molecular flexibility index (Phi) is 8.37. The predicted octanol–water partition coefficient (Wildman–Crippen LogP) is 2.33. The monoisotopic (exact) mass is 635 g/mol. The zero-order valence-corrected chi connectivity index (χ0v) is 24.3. The van der Waals surface area contributed by atoms with Crippen LogP contribution in [0.3, 0.4) is 0 Å². The first-order valence-electron chi connectivity index (χ1n) is 13.3. The van der Waals surface area contributed by atoms with Gasteiger partial charge in [-0.3, -0.25) is 19.2 Å². The average Bonchev–Trinajstić information content (AvgIpc) is 3.51. The Balaban J connectivity index is 1.62. The molecule has 0 saturated carbocycles. The first kappa shape index (κ1) is 28.8.